The van der Waals surface area contributed by atoms with E-state index in [1.54, 1.807) is 6.92 Å². The summed E-state index contributed by atoms with van der Waals surface area (Å²) in [6.45, 7) is 3.56. The van der Waals surface area contributed by atoms with Crippen LogP contribution in [0.2, 0.25) is 0 Å². The van der Waals surface area contributed by atoms with Crippen molar-refractivity contribution in [1.29, 1.82) is 0 Å². The summed E-state index contributed by atoms with van der Waals surface area (Å²) in [6, 6.07) is 3.20. The predicted molar refractivity (Wildman–Crippen MR) is 105 cm³/mol. The van der Waals surface area contributed by atoms with Gasteiger partial charge in [0, 0.05) is 30.0 Å². The van der Waals surface area contributed by atoms with E-state index in [2.05, 4.69) is 15.0 Å². The molecule has 0 amide bonds. The second-order valence-corrected chi connectivity index (χ2v) is 8.69. The smallest absolute Gasteiger partial charge is 0.137 e. The highest BCUT2D eigenvalue weighted by atomic mass is 32.2. The van der Waals surface area contributed by atoms with Gasteiger partial charge in [-0.2, -0.15) is 5.10 Å². The van der Waals surface area contributed by atoms with E-state index in [4.69, 9.17) is 12.2 Å². The summed E-state index contributed by atoms with van der Waals surface area (Å²) in [5.41, 5.74) is -1.63. The van der Waals surface area contributed by atoms with Crippen LogP contribution < -0.4 is 0 Å². The minimum absolute atomic E-state index is 0.0147. The van der Waals surface area contributed by atoms with Crippen LogP contribution in [0.3, 0.4) is 0 Å². The third kappa shape index (κ3) is 4.64. The molecule has 27 heavy (non-hydrogen) atoms. The van der Waals surface area contributed by atoms with Crippen molar-refractivity contribution in [3.8, 4) is 0 Å². The van der Waals surface area contributed by atoms with Crippen LogP contribution in [-0.2, 0) is 12.1 Å². The maximum absolute atomic E-state index is 14.5. The number of aromatic nitrogens is 3. The Hall–Kier alpha value is -1.58. The van der Waals surface area contributed by atoms with Crippen molar-refractivity contribution >= 4 is 28.3 Å². The van der Waals surface area contributed by atoms with E-state index in [-0.39, 0.29) is 12.1 Å². The molecular formula is C18H22F2N4OS2. The van der Waals surface area contributed by atoms with Crippen molar-refractivity contribution in [2.24, 2.45) is 0 Å². The van der Waals surface area contributed by atoms with Crippen LogP contribution in [0.4, 0.5) is 8.78 Å². The van der Waals surface area contributed by atoms with Crippen molar-refractivity contribution < 1.29 is 13.9 Å². The maximum Gasteiger partial charge on any atom is 0.137 e. The van der Waals surface area contributed by atoms with Crippen LogP contribution >= 0.6 is 24.0 Å². The summed E-state index contributed by atoms with van der Waals surface area (Å²) >= 11 is 6.89. The molecule has 0 aliphatic carbocycles. The van der Waals surface area contributed by atoms with Crippen LogP contribution in [0.1, 0.15) is 31.7 Å². The lowest BCUT2D eigenvalue weighted by Crippen LogP contribution is -2.43. The summed E-state index contributed by atoms with van der Waals surface area (Å²) in [7, 11) is 0. The van der Waals surface area contributed by atoms with Crippen molar-refractivity contribution in [3.05, 3.63) is 48.1 Å². The molecule has 0 saturated carbocycles. The predicted octanol–water partition coefficient (Wildman–Crippen LogP) is 3.34. The van der Waals surface area contributed by atoms with Gasteiger partial charge < -0.3 is 10.0 Å². The Kier molecular flexibility index (Phi) is 6.44. The first-order valence-electron chi connectivity index (χ1n) is 8.86. The number of rotatable bonds is 5. The van der Waals surface area contributed by atoms with Gasteiger partial charge in [-0.3, -0.25) is 0 Å². The second-order valence-electron chi connectivity index (χ2n) is 6.72. The van der Waals surface area contributed by atoms with Crippen LogP contribution in [0.15, 0.2) is 30.9 Å². The normalized spacial score (nSPS) is 18.1. The van der Waals surface area contributed by atoms with Gasteiger partial charge in [-0.1, -0.05) is 30.0 Å². The molecule has 2 aromatic rings. The molecule has 5 nitrogen and oxygen atoms in total. The third-order valence-electron chi connectivity index (χ3n) is 4.83. The monoisotopic (exact) mass is 412 g/mol. The number of piperidine rings is 1. The maximum atomic E-state index is 14.5. The second kappa shape index (κ2) is 8.62. The number of benzene rings is 1. The Morgan fingerprint density at radius 3 is 2.70 bits per heavy atom. The van der Waals surface area contributed by atoms with Gasteiger partial charge in [0.15, 0.2) is 0 Å². The highest BCUT2D eigenvalue weighted by Gasteiger charge is 2.40. The van der Waals surface area contributed by atoms with Crippen molar-refractivity contribution in [2.45, 2.75) is 43.6 Å². The molecule has 1 aliphatic heterocycles. The highest BCUT2D eigenvalue weighted by Crippen LogP contribution is 2.37. The SMILES string of the molecule is C[C@@H](SC(=S)N1CCCCC1)[C@](O)(Cn1cncn1)c1ccc(F)cc1F. The molecule has 146 valence electrons. The zero-order chi connectivity index (χ0) is 19.4. The summed E-state index contributed by atoms with van der Waals surface area (Å²) in [6.07, 6.45) is 6.16. The van der Waals surface area contributed by atoms with Crippen molar-refractivity contribution in [3.63, 3.8) is 0 Å². The van der Waals surface area contributed by atoms with Gasteiger partial charge in [-0.25, -0.2) is 18.4 Å². The van der Waals surface area contributed by atoms with Gasteiger partial charge >= 0.3 is 0 Å². The molecule has 0 unspecified atom stereocenters. The molecule has 1 saturated heterocycles. The molecule has 1 fully saturated rings. The third-order valence-corrected chi connectivity index (χ3v) is 6.58. The summed E-state index contributed by atoms with van der Waals surface area (Å²) in [5.74, 6) is -1.49. The number of nitrogens with zero attached hydrogens (tertiary/aromatic N) is 4. The number of aliphatic hydroxyl groups is 1. The van der Waals surface area contributed by atoms with E-state index >= 15 is 0 Å². The zero-order valence-electron chi connectivity index (χ0n) is 15.0. The molecule has 1 N–H and O–H groups in total. The molecule has 9 heteroatoms. The van der Waals surface area contributed by atoms with E-state index in [1.165, 1.54) is 41.6 Å². The molecule has 1 aromatic carbocycles. The molecule has 2 atom stereocenters. The molecule has 1 aliphatic rings. The topological polar surface area (TPSA) is 54.2 Å². The lowest BCUT2D eigenvalue weighted by Gasteiger charge is -2.36. The standard InChI is InChI=1S/C18H22F2N4OS2/c1-13(27-17(26)23-7-3-2-4-8-23)18(25,10-24-12-21-11-22-24)15-6-5-14(19)9-16(15)20/h5-6,9,11-13,25H,2-4,7-8,10H2,1H3/t13-,18-/m1/s1. The van der Waals surface area contributed by atoms with E-state index < -0.39 is 22.5 Å². The van der Waals surface area contributed by atoms with Gasteiger partial charge in [0.1, 0.15) is 34.2 Å². The lowest BCUT2D eigenvalue weighted by atomic mass is 9.90. The van der Waals surface area contributed by atoms with Crippen molar-refractivity contribution in [1.82, 2.24) is 19.7 Å². The van der Waals surface area contributed by atoms with Crippen molar-refractivity contribution in [2.75, 3.05) is 13.1 Å². The van der Waals surface area contributed by atoms with Crippen LogP contribution in [0.5, 0.6) is 0 Å². The molecule has 2 heterocycles. The fourth-order valence-corrected chi connectivity index (χ4v) is 4.88. The largest absolute Gasteiger partial charge is 0.382 e. The molecule has 0 bridgehead atoms. The molecule has 3 rings (SSSR count). The minimum atomic E-state index is -1.64. The first kappa shape index (κ1) is 20.2. The van der Waals surface area contributed by atoms with Crippen LogP contribution in [0.25, 0.3) is 0 Å². The number of thioether (sulfide) groups is 1. The molecule has 0 spiro atoms. The fourth-order valence-electron chi connectivity index (χ4n) is 3.23. The molecular weight excluding hydrogens is 390 g/mol. The quantitative estimate of drug-likeness (QED) is 0.761. The minimum Gasteiger partial charge on any atom is -0.382 e. The van der Waals surface area contributed by atoms with E-state index in [1.807, 2.05) is 0 Å². The number of thiocarbonyl (C=S) groups is 1. The Bertz CT molecular complexity index is 784. The fraction of sp³-hybridized carbons (Fsp3) is 0.500. The van der Waals surface area contributed by atoms with Gasteiger partial charge in [0.25, 0.3) is 0 Å². The first-order valence-corrected chi connectivity index (χ1v) is 10.1. The van der Waals surface area contributed by atoms with Gasteiger partial charge in [-0.15, -0.1) is 0 Å². The summed E-state index contributed by atoms with van der Waals surface area (Å²) in [4.78, 5) is 6.00. The van der Waals surface area contributed by atoms with Gasteiger partial charge in [-0.05, 0) is 32.3 Å². The number of hydrogen-bond donors (Lipinski definition) is 1. The van der Waals surface area contributed by atoms with Crippen LogP contribution in [0, 0.1) is 11.6 Å². The molecule has 0 radical (unpaired) electrons. The Morgan fingerprint density at radius 1 is 1.33 bits per heavy atom. The number of likely N-dealkylation sites (tertiary alicyclic amines) is 1. The Labute approximate surface area is 166 Å². The van der Waals surface area contributed by atoms with E-state index in [0.717, 1.165) is 38.1 Å². The van der Waals surface area contributed by atoms with Gasteiger partial charge in [0.2, 0.25) is 0 Å². The first-order chi connectivity index (χ1) is 12.9. The Balaban J connectivity index is 1.87. The zero-order valence-corrected chi connectivity index (χ0v) is 16.6. The average molecular weight is 413 g/mol. The average Bonchev–Trinajstić information content (AvgIpc) is 3.15. The van der Waals surface area contributed by atoms with E-state index in [9.17, 15) is 13.9 Å². The number of halogens is 2. The summed E-state index contributed by atoms with van der Waals surface area (Å²) < 4.78 is 30.0. The molecule has 1 aromatic heterocycles. The summed E-state index contributed by atoms with van der Waals surface area (Å²) in [5, 5.41) is 15.0. The lowest BCUT2D eigenvalue weighted by molar-refractivity contribution is 0.0135. The van der Waals surface area contributed by atoms with Gasteiger partial charge in [0.05, 0.1) is 6.54 Å². The van der Waals surface area contributed by atoms with E-state index in [0.29, 0.717) is 4.32 Å². The van der Waals surface area contributed by atoms with Crippen LogP contribution in [-0.4, -0.2) is 47.4 Å². The highest BCUT2D eigenvalue weighted by molar-refractivity contribution is 8.23. The number of hydrogen-bond acceptors (Lipinski definition) is 5. The Morgan fingerprint density at radius 2 is 2.07 bits per heavy atom.